The fourth-order valence-electron chi connectivity index (χ4n) is 2.86. The minimum absolute atomic E-state index is 0.152. The van der Waals surface area contributed by atoms with Crippen LogP contribution in [0.2, 0.25) is 0 Å². The first kappa shape index (κ1) is 14.1. The van der Waals surface area contributed by atoms with Gasteiger partial charge in [-0.1, -0.05) is 0 Å². The molecule has 1 fully saturated rings. The summed E-state index contributed by atoms with van der Waals surface area (Å²) in [6.07, 6.45) is 1.60. The van der Waals surface area contributed by atoms with Crippen LogP contribution in [-0.2, 0) is 0 Å². The summed E-state index contributed by atoms with van der Waals surface area (Å²) in [6.45, 7) is 3.19. The lowest BCUT2D eigenvalue weighted by molar-refractivity contribution is 0.0621. The van der Waals surface area contributed by atoms with E-state index in [1.54, 1.807) is 17.9 Å². The van der Waals surface area contributed by atoms with Crippen molar-refractivity contribution in [2.24, 2.45) is 5.92 Å². The molecule has 21 heavy (non-hydrogen) atoms. The largest absolute Gasteiger partial charge is 0.451 e. The highest BCUT2D eigenvalue weighted by molar-refractivity contribution is 5.99. The Morgan fingerprint density at radius 2 is 2.14 bits per heavy atom. The molecule has 1 aromatic carbocycles. The van der Waals surface area contributed by atoms with Gasteiger partial charge in [0.15, 0.2) is 5.76 Å². The van der Waals surface area contributed by atoms with Crippen molar-refractivity contribution in [3.63, 3.8) is 0 Å². The summed E-state index contributed by atoms with van der Waals surface area (Å²) < 4.78 is 18.9. The zero-order chi connectivity index (χ0) is 15.0. The van der Waals surface area contributed by atoms with Gasteiger partial charge in [0.2, 0.25) is 0 Å². The maximum absolute atomic E-state index is 13.3. The average Bonchev–Trinajstić information content (AvgIpc) is 2.83. The number of hydrogen-bond acceptors (Lipinski definition) is 3. The number of benzene rings is 1. The number of piperidine rings is 1. The van der Waals surface area contributed by atoms with Gasteiger partial charge in [0.25, 0.3) is 5.91 Å². The Labute approximate surface area is 122 Å². The van der Waals surface area contributed by atoms with Gasteiger partial charge in [-0.3, -0.25) is 4.79 Å². The molecule has 2 heterocycles. The molecular formula is C16H18FNO3. The molecule has 0 atom stereocenters. The normalized spacial score (nSPS) is 16.6. The first-order valence-corrected chi connectivity index (χ1v) is 7.19. The number of amides is 1. The van der Waals surface area contributed by atoms with E-state index in [-0.39, 0.29) is 30.0 Å². The summed E-state index contributed by atoms with van der Waals surface area (Å²) in [7, 11) is 0. The molecule has 1 N–H and O–H groups in total. The molecule has 1 aromatic heterocycles. The maximum atomic E-state index is 13.3. The molecule has 1 aliphatic heterocycles. The molecular weight excluding hydrogens is 273 g/mol. The van der Waals surface area contributed by atoms with Gasteiger partial charge in [-0.25, -0.2) is 4.39 Å². The van der Waals surface area contributed by atoms with Gasteiger partial charge in [0.1, 0.15) is 11.4 Å². The molecule has 0 unspecified atom stereocenters. The van der Waals surface area contributed by atoms with E-state index in [2.05, 4.69) is 0 Å². The van der Waals surface area contributed by atoms with Crippen LogP contribution in [0.1, 0.15) is 29.0 Å². The van der Waals surface area contributed by atoms with E-state index in [0.717, 1.165) is 12.8 Å². The van der Waals surface area contributed by atoms with Crippen LogP contribution in [0.15, 0.2) is 22.6 Å². The minimum atomic E-state index is -0.339. The van der Waals surface area contributed by atoms with E-state index in [9.17, 15) is 9.18 Å². The average molecular weight is 291 g/mol. The molecule has 5 heteroatoms. The smallest absolute Gasteiger partial charge is 0.289 e. The molecule has 0 bridgehead atoms. The molecule has 1 aliphatic rings. The monoisotopic (exact) mass is 291 g/mol. The standard InChI is InChI=1S/C16H18FNO3/c1-10-13-8-12(17)2-3-14(13)21-15(10)16(20)18-6-4-11(9-19)5-7-18/h2-3,8,11,19H,4-7,9H2,1H3. The number of likely N-dealkylation sites (tertiary alicyclic amines) is 1. The topological polar surface area (TPSA) is 53.7 Å². The number of aliphatic hydroxyl groups is 1. The van der Waals surface area contributed by atoms with Crippen molar-refractivity contribution in [1.29, 1.82) is 0 Å². The van der Waals surface area contributed by atoms with Gasteiger partial charge in [-0.15, -0.1) is 0 Å². The van der Waals surface area contributed by atoms with E-state index >= 15 is 0 Å². The number of carbonyl (C=O) groups is 1. The van der Waals surface area contributed by atoms with Crippen LogP contribution in [0, 0.1) is 18.7 Å². The number of hydrogen-bond donors (Lipinski definition) is 1. The number of aliphatic hydroxyl groups excluding tert-OH is 1. The van der Waals surface area contributed by atoms with Crippen LogP contribution in [0.3, 0.4) is 0 Å². The summed E-state index contributed by atoms with van der Waals surface area (Å²) >= 11 is 0. The highest BCUT2D eigenvalue weighted by Crippen LogP contribution is 2.28. The van der Waals surface area contributed by atoms with Crippen LogP contribution in [0.25, 0.3) is 11.0 Å². The summed E-state index contributed by atoms with van der Waals surface area (Å²) in [4.78, 5) is 14.3. The molecule has 0 saturated carbocycles. The van der Waals surface area contributed by atoms with Crippen LogP contribution < -0.4 is 0 Å². The Bertz CT molecular complexity index is 671. The van der Waals surface area contributed by atoms with E-state index in [0.29, 0.717) is 29.6 Å². The zero-order valence-electron chi connectivity index (χ0n) is 11.9. The Morgan fingerprint density at radius 3 is 2.81 bits per heavy atom. The Balaban J connectivity index is 1.87. The van der Waals surface area contributed by atoms with Gasteiger partial charge in [-0.05, 0) is 43.9 Å². The predicted octanol–water partition coefficient (Wildman–Crippen LogP) is 2.72. The molecule has 3 rings (SSSR count). The lowest BCUT2D eigenvalue weighted by atomic mass is 9.97. The Hall–Kier alpha value is -1.88. The SMILES string of the molecule is Cc1c(C(=O)N2CCC(CO)CC2)oc2ccc(F)cc12. The third kappa shape index (κ3) is 2.53. The number of aryl methyl sites for hydroxylation is 1. The summed E-state index contributed by atoms with van der Waals surface area (Å²) in [5.74, 6) is 0.0765. The first-order valence-electron chi connectivity index (χ1n) is 7.19. The van der Waals surface area contributed by atoms with Crippen molar-refractivity contribution >= 4 is 16.9 Å². The molecule has 0 radical (unpaired) electrons. The third-order valence-corrected chi connectivity index (χ3v) is 4.25. The summed E-state index contributed by atoms with van der Waals surface area (Å²) in [6, 6.07) is 4.27. The van der Waals surface area contributed by atoms with Gasteiger partial charge in [-0.2, -0.15) is 0 Å². The number of halogens is 1. The van der Waals surface area contributed by atoms with Gasteiger partial charge in [0, 0.05) is 30.6 Å². The first-order chi connectivity index (χ1) is 10.1. The third-order valence-electron chi connectivity index (χ3n) is 4.25. The predicted molar refractivity (Wildman–Crippen MR) is 76.6 cm³/mol. The van der Waals surface area contributed by atoms with Crippen LogP contribution in [0.4, 0.5) is 4.39 Å². The van der Waals surface area contributed by atoms with E-state index < -0.39 is 0 Å². The van der Waals surface area contributed by atoms with E-state index in [4.69, 9.17) is 9.52 Å². The second-order valence-corrected chi connectivity index (χ2v) is 5.61. The van der Waals surface area contributed by atoms with Gasteiger partial charge >= 0.3 is 0 Å². The molecule has 1 amide bonds. The molecule has 4 nitrogen and oxygen atoms in total. The summed E-state index contributed by atoms with van der Waals surface area (Å²) in [5, 5.41) is 9.78. The molecule has 0 spiro atoms. The second kappa shape index (κ2) is 5.48. The van der Waals surface area contributed by atoms with Crippen molar-refractivity contribution in [1.82, 2.24) is 4.90 Å². The number of carbonyl (C=O) groups excluding carboxylic acids is 1. The highest BCUT2D eigenvalue weighted by atomic mass is 19.1. The fourth-order valence-corrected chi connectivity index (χ4v) is 2.86. The quantitative estimate of drug-likeness (QED) is 0.925. The van der Waals surface area contributed by atoms with Gasteiger partial charge < -0.3 is 14.4 Å². The Kier molecular flexibility index (Phi) is 3.68. The summed E-state index contributed by atoms with van der Waals surface area (Å²) in [5.41, 5.74) is 1.21. The Morgan fingerprint density at radius 1 is 1.43 bits per heavy atom. The van der Waals surface area contributed by atoms with Crippen molar-refractivity contribution < 1.29 is 18.7 Å². The number of nitrogens with zero attached hydrogens (tertiary/aromatic N) is 1. The molecule has 1 saturated heterocycles. The minimum Gasteiger partial charge on any atom is -0.451 e. The highest BCUT2D eigenvalue weighted by Gasteiger charge is 2.27. The molecule has 0 aliphatic carbocycles. The fraction of sp³-hybridized carbons (Fsp3) is 0.438. The van der Waals surface area contributed by atoms with E-state index in [1.807, 2.05) is 0 Å². The van der Waals surface area contributed by atoms with Crippen molar-refractivity contribution in [2.45, 2.75) is 19.8 Å². The molecule has 2 aromatic rings. The number of rotatable bonds is 2. The van der Waals surface area contributed by atoms with Crippen LogP contribution >= 0.6 is 0 Å². The van der Waals surface area contributed by atoms with Crippen molar-refractivity contribution in [2.75, 3.05) is 19.7 Å². The molecule has 112 valence electrons. The van der Waals surface area contributed by atoms with Crippen molar-refractivity contribution in [3.05, 3.63) is 35.3 Å². The van der Waals surface area contributed by atoms with Crippen LogP contribution in [-0.4, -0.2) is 35.6 Å². The second-order valence-electron chi connectivity index (χ2n) is 5.61. The number of furan rings is 1. The number of fused-ring (bicyclic) bond motifs is 1. The lowest BCUT2D eigenvalue weighted by Crippen LogP contribution is -2.39. The van der Waals surface area contributed by atoms with E-state index in [1.165, 1.54) is 12.1 Å². The van der Waals surface area contributed by atoms with Crippen molar-refractivity contribution in [3.8, 4) is 0 Å². The van der Waals surface area contributed by atoms with Gasteiger partial charge in [0.05, 0.1) is 0 Å². The maximum Gasteiger partial charge on any atom is 0.289 e. The van der Waals surface area contributed by atoms with Crippen LogP contribution in [0.5, 0.6) is 0 Å². The zero-order valence-corrected chi connectivity index (χ0v) is 11.9. The lowest BCUT2D eigenvalue weighted by Gasteiger charge is -2.30.